The van der Waals surface area contributed by atoms with Crippen LogP contribution in [0.1, 0.15) is 22.8 Å². The van der Waals surface area contributed by atoms with E-state index in [0.717, 1.165) is 17.2 Å². The maximum Gasteiger partial charge on any atom is 0.152 e. The number of allylic oxidation sites excluding steroid dienone is 1. The second-order valence-corrected chi connectivity index (χ2v) is 3.47. The normalized spacial score (nSPS) is 11.1. The van der Waals surface area contributed by atoms with Crippen LogP contribution in [-0.2, 0) is 4.79 Å². The fourth-order valence-corrected chi connectivity index (χ4v) is 1.45. The molecule has 0 saturated carbocycles. The van der Waals surface area contributed by atoms with Crippen molar-refractivity contribution in [1.82, 2.24) is 9.97 Å². The Hall–Kier alpha value is -2.23. The first-order valence-corrected chi connectivity index (χ1v) is 4.81. The molecule has 0 aliphatic heterocycles. The fraction of sp³-hybridized carbons (Fsp3) is 0.0833. The van der Waals surface area contributed by atoms with Gasteiger partial charge in [0.1, 0.15) is 5.65 Å². The molecule has 0 aliphatic carbocycles. The lowest BCUT2D eigenvalue weighted by atomic mass is 10.1. The minimum Gasteiger partial charge on any atom is -0.346 e. The number of hydrogen-bond acceptors (Lipinski definition) is 3. The van der Waals surface area contributed by atoms with Gasteiger partial charge in [0.2, 0.25) is 0 Å². The molecule has 0 atom stereocenters. The van der Waals surface area contributed by atoms with Crippen molar-refractivity contribution in [2.45, 2.75) is 6.92 Å². The lowest BCUT2D eigenvalue weighted by Crippen LogP contribution is -1.83. The molecule has 0 unspecified atom stereocenters. The van der Waals surface area contributed by atoms with E-state index in [0.29, 0.717) is 11.2 Å². The summed E-state index contributed by atoms with van der Waals surface area (Å²) in [5.41, 5.74) is 2.07. The van der Waals surface area contributed by atoms with Gasteiger partial charge in [-0.1, -0.05) is 0 Å². The molecular weight excluding hydrogens is 204 g/mol. The van der Waals surface area contributed by atoms with E-state index in [4.69, 9.17) is 0 Å². The van der Waals surface area contributed by atoms with E-state index in [-0.39, 0.29) is 5.78 Å². The highest BCUT2D eigenvalue weighted by atomic mass is 16.1. The SMILES string of the molecule is CC(=O)/C=C/c1c[nH]c2ncc(C=O)cc12. The molecule has 0 amide bonds. The summed E-state index contributed by atoms with van der Waals surface area (Å²) in [6, 6.07) is 1.74. The summed E-state index contributed by atoms with van der Waals surface area (Å²) in [5, 5.41) is 0.835. The van der Waals surface area contributed by atoms with E-state index in [1.54, 1.807) is 18.3 Å². The predicted molar refractivity (Wildman–Crippen MR) is 61.2 cm³/mol. The molecule has 2 rings (SSSR count). The average Bonchev–Trinajstić information content (AvgIpc) is 2.68. The van der Waals surface area contributed by atoms with Crippen LogP contribution in [0.4, 0.5) is 0 Å². The lowest BCUT2D eigenvalue weighted by Gasteiger charge is -1.92. The number of ketones is 1. The van der Waals surface area contributed by atoms with Crippen LogP contribution in [-0.4, -0.2) is 22.0 Å². The Kier molecular flexibility index (Phi) is 2.64. The van der Waals surface area contributed by atoms with Crippen molar-refractivity contribution in [2.24, 2.45) is 0 Å². The summed E-state index contributed by atoms with van der Waals surface area (Å²) >= 11 is 0. The number of hydrogen-bond donors (Lipinski definition) is 1. The lowest BCUT2D eigenvalue weighted by molar-refractivity contribution is -0.112. The number of fused-ring (bicyclic) bond motifs is 1. The molecule has 2 heterocycles. The number of carbonyl (C=O) groups is 2. The van der Waals surface area contributed by atoms with Crippen molar-refractivity contribution in [2.75, 3.05) is 0 Å². The van der Waals surface area contributed by atoms with Crippen LogP contribution in [0.3, 0.4) is 0 Å². The first kappa shape index (κ1) is 10.3. The second-order valence-electron chi connectivity index (χ2n) is 3.47. The van der Waals surface area contributed by atoms with Crippen LogP contribution in [0.25, 0.3) is 17.1 Å². The highest BCUT2D eigenvalue weighted by Gasteiger charge is 2.03. The molecule has 0 saturated heterocycles. The van der Waals surface area contributed by atoms with E-state index in [9.17, 15) is 9.59 Å². The van der Waals surface area contributed by atoms with Crippen LogP contribution in [0.15, 0.2) is 24.5 Å². The van der Waals surface area contributed by atoms with Gasteiger partial charge in [0.05, 0.1) is 0 Å². The molecule has 0 bridgehead atoms. The third kappa shape index (κ3) is 1.91. The van der Waals surface area contributed by atoms with Gasteiger partial charge in [-0.15, -0.1) is 0 Å². The molecule has 1 N–H and O–H groups in total. The van der Waals surface area contributed by atoms with Crippen molar-refractivity contribution < 1.29 is 9.59 Å². The molecule has 80 valence electrons. The molecule has 0 radical (unpaired) electrons. The van der Waals surface area contributed by atoms with Crippen LogP contribution in [0.5, 0.6) is 0 Å². The van der Waals surface area contributed by atoms with Crippen LogP contribution in [0.2, 0.25) is 0 Å². The summed E-state index contributed by atoms with van der Waals surface area (Å²) in [6.45, 7) is 1.49. The zero-order chi connectivity index (χ0) is 11.5. The Balaban J connectivity index is 2.53. The summed E-state index contributed by atoms with van der Waals surface area (Å²) < 4.78 is 0. The first-order valence-electron chi connectivity index (χ1n) is 4.81. The largest absolute Gasteiger partial charge is 0.346 e. The Bertz CT molecular complexity index is 582. The smallest absolute Gasteiger partial charge is 0.152 e. The molecule has 0 aromatic carbocycles. The maximum atomic E-state index is 10.8. The number of nitrogens with one attached hydrogen (secondary N) is 1. The van der Waals surface area contributed by atoms with E-state index in [2.05, 4.69) is 9.97 Å². The third-order valence-electron chi connectivity index (χ3n) is 2.22. The number of aromatic amines is 1. The van der Waals surface area contributed by atoms with E-state index in [1.807, 2.05) is 0 Å². The first-order chi connectivity index (χ1) is 7.70. The summed E-state index contributed by atoms with van der Waals surface area (Å²) in [4.78, 5) is 28.5. The molecule has 4 heteroatoms. The fourth-order valence-electron chi connectivity index (χ4n) is 1.45. The monoisotopic (exact) mass is 214 g/mol. The molecule has 2 aromatic heterocycles. The van der Waals surface area contributed by atoms with Gasteiger partial charge in [-0.25, -0.2) is 4.98 Å². The van der Waals surface area contributed by atoms with Crippen LogP contribution >= 0.6 is 0 Å². The van der Waals surface area contributed by atoms with Gasteiger partial charge in [-0.05, 0) is 25.1 Å². The topological polar surface area (TPSA) is 62.8 Å². The van der Waals surface area contributed by atoms with Gasteiger partial charge < -0.3 is 4.98 Å². The maximum absolute atomic E-state index is 10.8. The summed E-state index contributed by atoms with van der Waals surface area (Å²) in [5.74, 6) is -0.0196. The minimum absolute atomic E-state index is 0.0196. The Morgan fingerprint density at radius 3 is 3.00 bits per heavy atom. The number of carbonyl (C=O) groups excluding carboxylic acids is 2. The minimum atomic E-state index is -0.0196. The molecule has 4 nitrogen and oxygen atoms in total. The van der Waals surface area contributed by atoms with Gasteiger partial charge in [0.15, 0.2) is 12.1 Å². The number of nitrogens with zero attached hydrogens (tertiary/aromatic N) is 1. The van der Waals surface area contributed by atoms with E-state index < -0.39 is 0 Å². The third-order valence-corrected chi connectivity index (χ3v) is 2.22. The highest BCUT2D eigenvalue weighted by Crippen LogP contribution is 2.18. The van der Waals surface area contributed by atoms with Gasteiger partial charge in [-0.3, -0.25) is 9.59 Å². The second kappa shape index (κ2) is 4.10. The number of H-pyrrole nitrogens is 1. The Morgan fingerprint density at radius 2 is 2.31 bits per heavy atom. The van der Waals surface area contributed by atoms with E-state index in [1.165, 1.54) is 19.2 Å². The van der Waals surface area contributed by atoms with Crippen molar-refractivity contribution in [3.8, 4) is 0 Å². The van der Waals surface area contributed by atoms with E-state index >= 15 is 0 Å². The molecule has 0 fully saturated rings. The predicted octanol–water partition coefficient (Wildman–Crippen LogP) is 1.98. The summed E-state index contributed by atoms with van der Waals surface area (Å²) in [7, 11) is 0. The van der Waals surface area contributed by atoms with Crippen molar-refractivity contribution in [3.63, 3.8) is 0 Å². The quantitative estimate of drug-likeness (QED) is 0.627. The number of aldehydes is 1. The summed E-state index contributed by atoms with van der Waals surface area (Å²) in [6.07, 6.45) is 7.20. The number of rotatable bonds is 3. The molecule has 0 aliphatic rings. The van der Waals surface area contributed by atoms with Gasteiger partial charge in [0.25, 0.3) is 0 Å². The molecular formula is C12H10N2O2. The van der Waals surface area contributed by atoms with Gasteiger partial charge >= 0.3 is 0 Å². The average molecular weight is 214 g/mol. The van der Waals surface area contributed by atoms with Crippen molar-refractivity contribution in [1.29, 1.82) is 0 Å². The number of aromatic nitrogens is 2. The molecule has 2 aromatic rings. The Morgan fingerprint density at radius 1 is 1.50 bits per heavy atom. The van der Waals surface area contributed by atoms with Crippen molar-refractivity contribution in [3.05, 3.63) is 35.7 Å². The zero-order valence-corrected chi connectivity index (χ0v) is 8.73. The van der Waals surface area contributed by atoms with Crippen molar-refractivity contribution >= 4 is 29.2 Å². The van der Waals surface area contributed by atoms with Crippen LogP contribution in [0, 0.1) is 0 Å². The highest BCUT2D eigenvalue weighted by molar-refractivity contribution is 5.96. The molecule has 0 spiro atoms. The van der Waals surface area contributed by atoms with Gasteiger partial charge in [0, 0.05) is 28.9 Å². The zero-order valence-electron chi connectivity index (χ0n) is 8.73. The Labute approximate surface area is 92.0 Å². The number of pyridine rings is 1. The standard InChI is InChI=1S/C12H10N2O2/c1-8(16)2-3-10-6-14-12-11(10)4-9(7-15)5-13-12/h2-7H,1H3,(H,13,14)/b3-2+. The van der Waals surface area contributed by atoms with Crippen LogP contribution < -0.4 is 0 Å². The molecule has 16 heavy (non-hydrogen) atoms. The van der Waals surface area contributed by atoms with Gasteiger partial charge in [-0.2, -0.15) is 0 Å².